The molecule has 2 aromatic carbocycles. The Labute approximate surface area is 178 Å². The van der Waals surface area contributed by atoms with Gasteiger partial charge >= 0.3 is 0 Å². The normalized spacial score (nSPS) is 12.1. The molecule has 1 amide bonds. The highest BCUT2D eigenvalue weighted by molar-refractivity contribution is 5.79. The molecule has 0 aliphatic carbocycles. The third kappa shape index (κ3) is 4.16. The lowest BCUT2D eigenvalue weighted by atomic mass is 10.1. The minimum atomic E-state index is -0.263. The lowest BCUT2D eigenvalue weighted by molar-refractivity contribution is -0.133. The van der Waals surface area contributed by atoms with Gasteiger partial charge in [-0.3, -0.25) is 14.2 Å². The van der Waals surface area contributed by atoms with Crippen LogP contribution in [0.15, 0.2) is 53.3 Å². The van der Waals surface area contributed by atoms with Gasteiger partial charge in [-0.15, -0.1) is 0 Å². The van der Waals surface area contributed by atoms with Crippen LogP contribution in [0.4, 0.5) is 0 Å². The average molecular weight is 406 g/mol. The Balaban J connectivity index is 2.30. The third-order valence-electron chi connectivity index (χ3n) is 5.55. The Kier molecular flexibility index (Phi) is 7.03. The SMILES string of the molecule is CCCN(C(=O)CC)C(CC)c1nc2ccccc2c(=O)n1-c1ccc(CC)cc1. The van der Waals surface area contributed by atoms with Gasteiger partial charge in [0.1, 0.15) is 5.82 Å². The Hall–Kier alpha value is -2.95. The largest absolute Gasteiger partial charge is 0.333 e. The summed E-state index contributed by atoms with van der Waals surface area (Å²) in [5.41, 5.74) is 2.56. The summed E-state index contributed by atoms with van der Waals surface area (Å²) in [6, 6.07) is 15.2. The van der Waals surface area contributed by atoms with Gasteiger partial charge in [-0.2, -0.15) is 0 Å². The summed E-state index contributed by atoms with van der Waals surface area (Å²) in [5.74, 6) is 0.708. The van der Waals surface area contributed by atoms with Crippen LogP contribution in [0.1, 0.15) is 64.4 Å². The number of hydrogen-bond acceptors (Lipinski definition) is 3. The zero-order valence-corrected chi connectivity index (χ0v) is 18.4. The lowest BCUT2D eigenvalue weighted by Crippen LogP contribution is -2.38. The molecule has 158 valence electrons. The second kappa shape index (κ2) is 9.70. The van der Waals surface area contributed by atoms with E-state index >= 15 is 0 Å². The second-order valence-electron chi connectivity index (χ2n) is 7.51. The van der Waals surface area contributed by atoms with Gasteiger partial charge < -0.3 is 4.90 Å². The van der Waals surface area contributed by atoms with Crippen LogP contribution in [-0.4, -0.2) is 26.9 Å². The van der Waals surface area contributed by atoms with E-state index in [0.717, 1.165) is 18.5 Å². The molecule has 0 fully saturated rings. The highest BCUT2D eigenvalue weighted by atomic mass is 16.2. The molecule has 0 bridgehead atoms. The van der Waals surface area contributed by atoms with E-state index in [1.54, 1.807) is 4.57 Å². The molecule has 0 N–H and O–H groups in total. The highest BCUT2D eigenvalue weighted by Gasteiger charge is 2.27. The fourth-order valence-corrected chi connectivity index (χ4v) is 3.94. The van der Waals surface area contributed by atoms with Crippen LogP contribution < -0.4 is 5.56 Å². The molecule has 0 spiro atoms. The van der Waals surface area contributed by atoms with Crippen LogP contribution in [-0.2, 0) is 11.2 Å². The molecule has 1 heterocycles. The van der Waals surface area contributed by atoms with E-state index in [-0.39, 0.29) is 17.5 Å². The average Bonchev–Trinajstić information content (AvgIpc) is 2.79. The molecule has 30 heavy (non-hydrogen) atoms. The number of carbonyl (C=O) groups excluding carboxylic acids is 1. The first kappa shape index (κ1) is 21.8. The number of benzene rings is 2. The first-order valence-electron chi connectivity index (χ1n) is 11.0. The first-order chi connectivity index (χ1) is 14.5. The van der Waals surface area contributed by atoms with E-state index in [1.807, 2.05) is 67.3 Å². The molecule has 5 heteroatoms. The molecule has 0 aliphatic rings. The standard InChI is InChI=1S/C25H31N3O2/c1-5-17-27(23(29)8-4)22(7-3)24-26-21-12-10-9-11-20(21)25(30)28(24)19-15-13-18(6-2)14-16-19/h9-16,22H,5-8,17H2,1-4H3. The maximum Gasteiger partial charge on any atom is 0.266 e. The molecule has 3 rings (SSSR count). The maximum absolute atomic E-state index is 13.6. The predicted molar refractivity (Wildman–Crippen MR) is 122 cm³/mol. The van der Waals surface area contributed by atoms with Crippen molar-refractivity contribution in [2.75, 3.05) is 6.54 Å². The van der Waals surface area contributed by atoms with Crippen LogP contribution in [0, 0.1) is 0 Å². The van der Waals surface area contributed by atoms with Crippen molar-refractivity contribution in [2.24, 2.45) is 0 Å². The summed E-state index contributed by atoms with van der Waals surface area (Å²) >= 11 is 0. The van der Waals surface area contributed by atoms with Crippen LogP contribution >= 0.6 is 0 Å². The molecule has 1 aromatic heterocycles. The van der Waals surface area contributed by atoms with Crippen LogP contribution in [0.2, 0.25) is 0 Å². The monoisotopic (exact) mass is 405 g/mol. The minimum Gasteiger partial charge on any atom is -0.333 e. The number of aryl methyl sites for hydroxylation is 1. The summed E-state index contributed by atoms with van der Waals surface area (Å²) < 4.78 is 1.70. The summed E-state index contributed by atoms with van der Waals surface area (Å²) in [7, 11) is 0. The van der Waals surface area contributed by atoms with E-state index in [0.29, 0.717) is 36.1 Å². The fraction of sp³-hybridized carbons (Fsp3) is 0.400. The predicted octanol–water partition coefficient (Wildman–Crippen LogP) is 5.05. The van der Waals surface area contributed by atoms with Gasteiger partial charge in [0.2, 0.25) is 5.91 Å². The Morgan fingerprint density at radius 1 is 1.03 bits per heavy atom. The molecule has 0 saturated carbocycles. The van der Waals surface area contributed by atoms with Gasteiger partial charge in [0, 0.05) is 13.0 Å². The van der Waals surface area contributed by atoms with Crippen LogP contribution in [0.3, 0.4) is 0 Å². The smallest absolute Gasteiger partial charge is 0.266 e. The maximum atomic E-state index is 13.6. The second-order valence-corrected chi connectivity index (χ2v) is 7.51. The molecule has 1 unspecified atom stereocenters. The van der Waals surface area contributed by atoms with Crippen molar-refractivity contribution in [3.63, 3.8) is 0 Å². The van der Waals surface area contributed by atoms with Crippen molar-refractivity contribution in [3.8, 4) is 5.69 Å². The molecule has 5 nitrogen and oxygen atoms in total. The van der Waals surface area contributed by atoms with Crippen molar-refractivity contribution in [2.45, 2.75) is 59.4 Å². The molecule has 1 atom stereocenters. The van der Waals surface area contributed by atoms with E-state index in [4.69, 9.17) is 4.98 Å². The highest BCUT2D eigenvalue weighted by Crippen LogP contribution is 2.27. The zero-order chi connectivity index (χ0) is 21.7. The number of nitrogens with zero attached hydrogens (tertiary/aromatic N) is 3. The number of rotatable bonds is 8. The van der Waals surface area contributed by atoms with E-state index < -0.39 is 0 Å². The van der Waals surface area contributed by atoms with E-state index in [1.165, 1.54) is 5.56 Å². The lowest BCUT2D eigenvalue weighted by Gasteiger charge is -2.32. The van der Waals surface area contributed by atoms with Crippen molar-refractivity contribution < 1.29 is 4.79 Å². The molecular formula is C25H31N3O2. The molecular weight excluding hydrogens is 374 g/mol. The summed E-state index contributed by atoms with van der Waals surface area (Å²) in [4.78, 5) is 33.1. The van der Waals surface area contributed by atoms with Gasteiger partial charge in [-0.05, 0) is 49.1 Å². The van der Waals surface area contributed by atoms with Crippen molar-refractivity contribution in [1.82, 2.24) is 14.5 Å². The number of aromatic nitrogens is 2. The van der Waals surface area contributed by atoms with Gasteiger partial charge in [-0.1, -0.05) is 52.0 Å². The van der Waals surface area contributed by atoms with Crippen LogP contribution in [0.25, 0.3) is 16.6 Å². The number of carbonyl (C=O) groups is 1. The van der Waals surface area contributed by atoms with Crippen molar-refractivity contribution >= 4 is 16.8 Å². The first-order valence-corrected chi connectivity index (χ1v) is 11.0. The van der Waals surface area contributed by atoms with Gasteiger partial charge in [0.15, 0.2) is 0 Å². The molecule has 3 aromatic rings. The third-order valence-corrected chi connectivity index (χ3v) is 5.55. The number of amides is 1. The molecule has 0 radical (unpaired) electrons. The van der Waals surface area contributed by atoms with Gasteiger partial charge in [0.25, 0.3) is 5.56 Å². The zero-order valence-electron chi connectivity index (χ0n) is 18.4. The van der Waals surface area contributed by atoms with E-state index in [9.17, 15) is 9.59 Å². The number of hydrogen-bond donors (Lipinski definition) is 0. The summed E-state index contributed by atoms with van der Waals surface area (Å²) in [6.45, 7) is 8.73. The number of para-hydroxylation sites is 1. The van der Waals surface area contributed by atoms with Gasteiger partial charge in [0.05, 0.1) is 22.6 Å². The fourth-order valence-electron chi connectivity index (χ4n) is 3.94. The minimum absolute atomic E-state index is 0.0824. The Morgan fingerprint density at radius 2 is 1.73 bits per heavy atom. The number of fused-ring (bicyclic) bond motifs is 1. The van der Waals surface area contributed by atoms with Crippen molar-refractivity contribution in [1.29, 1.82) is 0 Å². The Bertz CT molecular complexity index is 1070. The molecule has 0 aliphatic heterocycles. The summed E-state index contributed by atoms with van der Waals surface area (Å²) in [6.07, 6.45) is 2.90. The topological polar surface area (TPSA) is 55.2 Å². The van der Waals surface area contributed by atoms with E-state index in [2.05, 4.69) is 13.8 Å². The Morgan fingerprint density at radius 3 is 2.33 bits per heavy atom. The van der Waals surface area contributed by atoms with Crippen LogP contribution in [0.5, 0.6) is 0 Å². The van der Waals surface area contributed by atoms with Crippen molar-refractivity contribution in [3.05, 3.63) is 70.3 Å². The van der Waals surface area contributed by atoms with Gasteiger partial charge in [-0.25, -0.2) is 4.98 Å². The molecule has 0 saturated heterocycles. The quantitative estimate of drug-likeness (QED) is 0.527. The summed E-state index contributed by atoms with van der Waals surface area (Å²) in [5, 5.41) is 0.583.